The summed E-state index contributed by atoms with van der Waals surface area (Å²) in [6.45, 7) is 8.45. The molecule has 0 atom stereocenters. The highest BCUT2D eigenvalue weighted by Crippen LogP contribution is 2.06. The van der Waals surface area contributed by atoms with Crippen LogP contribution in [0.2, 0.25) is 0 Å². The number of urea groups is 1. The van der Waals surface area contributed by atoms with Gasteiger partial charge in [-0.25, -0.2) is 14.8 Å². The summed E-state index contributed by atoms with van der Waals surface area (Å²) in [6, 6.07) is 10.7. The molecule has 2 rings (SSSR count). The van der Waals surface area contributed by atoms with Gasteiger partial charge in [0, 0.05) is 23.6 Å². The number of hydrogen-bond acceptors (Lipinski definition) is 4. The zero-order valence-corrected chi connectivity index (χ0v) is 15.0. The van der Waals surface area contributed by atoms with Crippen LogP contribution >= 0.6 is 0 Å². The van der Waals surface area contributed by atoms with Crippen LogP contribution in [0.3, 0.4) is 0 Å². The number of para-hydroxylation sites is 1. The Labute approximate surface area is 148 Å². The fourth-order valence-electron chi connectivity index (χ4n) is 2.06. The minimum atomic E-state index is -0.384. The topological polar surface area (TPSA) is 91.3 Å². The van der Waals surface area contributed by atoms with E-state index in [0.29, 0.717) is 30.1 Å². The standard InChI is InChI=1S/C18H24N6O/c1-12(2)11-19-16(23-17-20-13(3)10-14(4)21-17)24-18(25)22-15-8-6-5-7-9-15/h5-10,12H,11H2,1-4H3,(H3,19,20,21,22,23,24,25). The van der Waals surface area contributed by atoms with Crippen LogP contribution in [0.25, 0.3) is 0 Å². The first-order valence-electron chi connectivity index (χ1n) is 8.19. The first-order valence-corrected chi connectivity index (χ1v) is 8.19. The third-order valence-corrected chi connectivity index (χ3v) is 3.09. The molecule has 1 aromatic heterocycles. The molecule has 7 nitrogen and oxygen atoms in total. The molecule has 3 N–H and O–H groups in total. The van der Waals surface area contributed by atoms with Gasteiger partial charge in [0.05, 0.1) is 0 Å². The SMILES string of the molecule is Cc1cc(C)nc(NC(=NCC(C)C)NC(=O)Nc2ccccc2)n1. The lowest BCUT2D eigenvalue weighted by molar-refractivity contribution is 0.256. The van der Waals surface area contributed by atoms with Crippen LogP contribution in [0.15, 0.2) is 41.4 Å². The molecule has 2 amide bonds. The van der Waals surface area contributed by atoms with Crippen LogP contribution in [-0.2, 0) is 0 Å². The fourth-order valence-corrected chi connectivity index (χ4v) is 2.06. The maximum atomic E-state index is 12.2. The second-order valence-electron chi connectivity index (χ2n) is 6.13. The Morgan fingerprint density at radius 3 is 2.32 bits per heavy atom. The molecule has 0 fully saturated rings. The van der Waals surface area contributed by atoms with Gasteiger partial charge in [0.2, 0.25) is 11.9 Å². The molecule has 2 aromatic rings. The van der Waals surface area contributed by atoms with Crippen molar-refractivity contribution in [2.75, 3.05) is 17.2 Å². The lowest BCUT2D eigenvalue weighted by Gasteiger charge is -2.13. The maximum Gasteiger partial charge on any atom is 0.326 e. The van der Waals surface area contributed by atoms with Crippen LogP contribution in [0.5, 0.6) is 0 Å². The summed E-state index contributed by atoms with van der Waals surface area (Å²) in [7, 11) is 0. The van der Waals surface area contributed by atoms with Crippen molar-refractivity contribution in [2.45, 2.75) is 27.7 Å². The van der Waals surface area contributed by atoms with E-state index in [4.69, 9.17) is 0 Å². The van der Waals surface area contributed by atoms with E-state index in [1.807, 2.05) is 50.2 Å². The van der Waals surface area contributed by atoms with Crippen molar-refractivity contribution in [2.24, 2.45) is 10.9 Å². The van der Waals surface area contributed by atoms with Gasteiger partial charge in [-0.15, -0.1) is 0 Å². The molecule has 1 heterocycles. The number of aromatic nitrogens is 2. The molecule has 0 aliphatic heterocycles. The molecule has 1 aromatic carbocycles. The summed E-state index contributed by atoms with van der Waals surface area (Å²) in [5.41, 5.74) is 2.38. The molecule has 0 saturated heterocycles. The smallest absolute Gasteiger partial charge is 0.308 e. The van der Waals surface area contributed by atoms with Crippen molar-refractivity contribution in [1.82, 2.24) is 15.3 Å². The average molecular weight is 340 g/mol. The Morgan fingerprint density at radius 2 is 1.72 bits per heavy atom. The van der Waals surface area contributed by atoms with Crippen LogP contribution in [0.4, 0.5) is 16.4 Å². The summed E-state index contributed by atoms with van der Waals surface area (Å²) >= 11 is 0. The van der Waals surface area contributed by atoms with Crippen molar-refractivity contribution in [3.63, 3.8) is 0 Å². The number of hydrogen-bond donors (Lipinski definition) is 3. The highest BCUT2D eigenvalue weighted by Gasteiger charge is 2.09. The zero-order chi connectivity index (χ0) is 18.2. The highest BCUT2D eigenvalue weighted by atomic mass is 16.2. The number of rotatable bonds is 4. The minimum Gasteiger partial charge on any atom is -0.308 e. The van der Waals surface area contributed by atoms with E-state index in [-0.39, 0.29) is 6.03 Å². The summed E-state index contributed by atoms with van der Waals surface area (Å²) < 4.78 is 0. The van der Waals surface area contributed by atoms with Crippen LogP contribution in [-0.4, -0.2) is 28.5 Å². The summed E-state index contributed by atoms with van der Waals surface area (Å²) in [5, 5.41) is 8.46. The molecule has 0 bridgehead atoms. The number of carbonyl (C=O) groups is 1. The number of nitrogens with one attached hydrogen (secondary N) is 3. The molecular formula is C18H24N6O. The molecule has 0 aliphatic rings. The number of nitrogens with zero attached hydrogens (tertiary/aromatic N) is 3. The van der Waals surface area contributed by atoms with E-state index in [9.17, 15) is 4.79 Å². The average Bonchev–Trinajstić information content (AvgIpc) is 2.52. The predicted molar refractivity (Wildman–Crippen MR) is 101 cm³/mol. The van der Waals surface area contributed by atoms with Crippen molar-refractivity contribution in [3.05, 3.63) is 47.8 Å². The lowest BCUT2D eigenvalue weighted by Crippen LogP contribution is -2.39. The third-order valence-electron chi connectivity index (χ3n) is 3.09. The minimum absolute atomic E-state index is 0.312. The van der Waals surface area contributed by atoms with Gasteiger partial charge >= 0.3 is 6.03 Å². The van der Waals surface area contributed by atoms with Crippen LogP contribution in [0.1, 0.15) is 25.2 Å². The molecule has 0 radical (unpaired) electrons. The summed E-state index contributed by atoms with van der Waals surface area (Å²) in [6.07, 6.45) is 0. The number of anilines is 2. The number of guanidine groups is 1. The quantitative estimate of drug-likeness (QED) is 0.588. The Bertz CT molecular complexity index is 722. The van der Waals surface area contributed by atoms with Gasteiger partial charge < -0.3 is 5.32 Å². The molecule has 132 valence electrons. The van der Waals surface area contributed by atoms with Crippen LogP contribution < -0.4 is 16.0 Å². The number of carbonyl (C=O) groups excluding carboxylic acids is 1. The normalized spacial score (nSPS) is 11.3. The van der Waals surface area contributed by atoms with E-state index in [2.05, 4.69) is 44.8 Å². The van der Waals surface area contributed by atoms with E-state index in [1.165, 1.54) is 0 Å². The third kappa shape index (κ3) is 6.58. The van der Waals surface area contributed by atoms with Gasteiger partial charge in [0.1, 0.15) is 0 Å². The van der Waals surface area contributed by atoms with Crippen molar-refractivity contribution in [3.8, 4) is 0 Å². The predicted octanol–water partition coefficient (Wildman–Crippen LogP) is 3.34. The van der Waals surface area contributed by atoms with E-state index < -0.39 is 0 Å². The van der Waals surface area contributed by atoms with E-state index in [1.54, 1.807) is 0 Å². The van der Waals surface area contributed by atoms with Gasteiger partial charge in [0.25, 0.3) is 0 Å². The number of benzene rings is 1. The zero-order valence-electron chi connectivity index (χ0n) is 15.0. The van der Waals surface area contributed by atoms with Crippen molar-refractivity contribution < 1.29 is 4.79 Å². The lowest BCUT2D eigenvalue weighted by atomic mass is 10.2. The van der Waals surface area contributed by atoms with Gasteiger partial charge in [-0.3, -0.25) is 15.6 Å². The molecule has 7 heteroatoms. The largest absolute Gasteiger partial charge is 0.326 e. The number of amides is 2. The fraction of sp³-hybridized carbons (Fsp3) is 0.333. The first kappa shape index (κ1) is 18.4. The molecule has 0 spiro atoms. The second kappa shape index (κ2) is 8.77. The first-order chi connectivity index (χ1) is 11.9. The summed E-state index contributed by atoms with van der Waals surface area (Å²) in [4.78, 5) is 25.3. The monoisotopic (exact) mass is 340 g/mol. The second-order valence-corrected chi connectivity index (χ2v) is 6.13. The van der Waals surface area contributed by atoms with Gasteiger partial charge in [0.15, 0.2) is 0 Å². The van der Waals surface area contributed by atoms with Gasteiger partial charge in [-0.2, -0.15) is 0 Å². The molecular weight excluding hydrogens is 316 g/mol. The van der Waals surface area contributed by atoms with Gasteiger partial charge in [-0.1, -0.05) is 32.0 Å². The Morgan fingerprint density at radius 1 is 1.08 bits per heavy atom. The van der Waals surface area contributed by atoms with E-state index >= 15 is 0 Å². The van der Waals surface area contributed by atoms with Crippen LogP contribution in [0, 0.1) is 19.8 Å². The number of aliphatic imine (C=N–C) groups is 1. The van der Waals surface area contributed by atoms with Crippen molar-refractivity contribution >= 4 is 23.6 Å². The van der Waals surface area contributed by atoms with Gasteiger partial charge in [-0.05, 0) is 38.0 Å². The number of aryl methyl sites for hydroxylation is 2. The maximum absolute atomic E-state index is 12.2. The molecule has 0 saturated carbocycles. The Kier molecular flexibility index (Phi) is 6.45. The summed E-state index contributed by atoms with van der Waals surface area (Å²) in [5.74, 6) is 1.07. The Hall–Kier alpha value is -2.96. The van der Waals surface area contributed by atoms with Crippen molar-refractivity contribution in [1.29, 1.82) is 0 Å². The van der Waals surface area contributed by atoms with E-state index in [0.717, 1.165) is 11.4 Å². The molecule has 0 aliphatic carbocycles. The highest BCUT2D eigenvalue weighted by molar-refractivity contribution is 6.06. The molecule has 0 unspecified atom stereocenters. The Balaban J connectivity index is 2.09. The molecule has 25 heavy (non-hydrogen) atoms.